The van der Waals surface area contributed by atoms with Crippen LogP contribution in [0.25, 0.3) is 10.9 Å². The van der Waals surface area contributed by atoms with Crippen LogP contribution in [-0.2, 0) is 27.8 Å². The number of carboxylic acid groups (broad SMARTS) is 1. The average molecular weight is 493 g/mol. The number of nitrogens with one attached hydrogen (secondary N) is 1. The van der Waals surface area contributed by atoms with Crippen molar-refractivity contribution in [3.8, 4) is 0 Å². The van der Waals surface area contributed by atoms with Crippen LogP contribution in [0, 0.1) is 5.41 Å². The van der Waals surface area contributed by atoms with Crippen LogP contribution in [0.5, 0.6) is 0 Å². The van der Waals surface area contributed by atoms with E-state index >= 15 is 0 Å². The zero-order valence-electron chi connectivity index (χ0n) is 20.1. The summed E-state index contributed by atoms with van der Waals surface area (Å²) in [6.07, 6.45) is 2.50. The summed E-state index contributed by atoms with van der Waals surface area (Å²) >= 11 is 0. The van der Waals surface area contributed by atoms with Crippen molar-refractivity contribution in [2.45, 2.75) is 19.8 Å². The van der Waals surface area contributed by atoms with E-state index in [-0.39, 0.29) is 31.1 Å². The highest BCUT2D eigenvalue weighted by Gasteiger charge is 2.21. The number of likely N-dealkylation sites (N-methyl/N-ethyl adjacent to an activating group) is 1. The van der Waals surface area contributed by atoms with Crippen molar-refractivity contribution in [3.05, 3.63) is 70.9 Å². The number of Topliss-reactive ketones (excluding diaryl/α,β-unsaturated/α-hetero) is 1. The van der Waals surface area contributed by atoms with Crippen LogP contribution in [0.1, 0.15) is 45.2 Å². The van der Waals surface area contributed by atoms with Crippen LogP contribution < -0.4 is 5.73 Å². The summed E-state index contributed by atoms with van der Waals surface area (Å²) in [5.41, 5.74) is 8.62. The molecule has 2 aromatic carbocycles. The molecular weight excluding hydrogens is 464 g/mol. The molecule has 10 nitrogen and oxygen atoms in total. The molecule has 0 atom stereocenters. The second-order valence-corrected chi connectivity index (χ2v) is 8.29. The van der Waals surface area contributed by atoms with Crippen LogP contribution in [0.2, 0.25) is 0 Å². The van der Waals surface area contributed by atoms with Crippen LogP contribution in [0.4, 0.5) is 0 Å². The Morgan fingerprint density at radius 3 is 2.36 bits per heavy atom. The van der Waals surface area contributed by atoms with Gasteiger partial charge in [0.25, 0.3) is 5.91 Å². The third kappa shape index (κ3) is 6.15. The highest BCUT2D eigenvalue weighted by atomic mass is 16.5. The first kappa shape index (κ1) is 26.1. The van der Waals surface area contributed by atoms with E-state index in [4.69, 9.17) is 16.2 Å². The summed E-state index contributed by atoms with van der Waals surface area (Å²) in [6, 6.07) is 12.2. The molecule has 0 fully saturated rings. The van der Waals surface area contributed by atoms with Crippen molar-refractivity contribution < 1.29 is 29.0 Å². The number of nitrogens with two attached hydrogens (primary N) is 1. The maximum Gasteiger partial charge on any atom is 0.341 e. The van der Waals surface area contributed by atoms with E-state index in [9.17, 15) is 19.2 Å². The van der Waals surface area contributed by atoms with Gasteiger partial charge in [0, 0.05) is 53.8 Å². The van der Waals surface area contributed by atoms with Gasteiger partial charge in [-0.25, -0.2) is 4.79 Å². The SMILES string of the molecule is CCN(CC(=O)OCC(=O)O)C(=O)c1ccc2c(c1)c(C(=O)CCc1ccc(C(=N)N)cc1)cn2C. The van der Waals surface area contributed by atoms with E-state index in [1.54, 1.807) is 43.5 Å². The van der Waals surface area contributed by atoms with Gasteiger partial charge >= 0.3 is 11.9 Å². The van der Waals surface area contributed by atoms with Crippen LogP contribution in [-0.4, -0.2) is 63.7 Å². The van der Waals surface area contributed by atoms with Crippen molar-refractivity contribution in [3.63, 3.8) is 0 Å². The minimum absolute atomic E-state index is 0.0162. The summed E-state index contributed by atoms with van der Waals surface area (Å²) in [5, 5.41) is 16.7. The first-order valence-electron chi connectivity index (χ1n) is 11.3. The zero-order chi connectivity index (χ0) is 26.4. The molecule has 0 unspecified atom stereocenters. The van der Waals surface area contributed by atoms with E-state index in [1.165, 1.54) is 4.90 Å². The lowest BCUT2D eigenvalue weighted by Crippen LogP contribution is -2.36. The largest absolute Gasteiger partial charge is 0.479 e. The van der Waals surface area contributed by atoms with Crippen LogP contribution in [0.3, 0.4) is 0 Å². The van der Waals surface area contributed by atoms with Crippen molar-refractivity contribution in [2.24, 2.45) is 12.8 Å². The smallest absolute Gasteiger partial charge is 0.341 e. The monoisotopic (exact) mass is 492 g/mol. The Morgan fingerprint density at radius 2 is 1.75 bits per heavy atom. The molecule has 3 aromatic rings. The number of hydrogen-bond acceptors (Lipinski definition) is 6. The van der Waals surface area contributed by atoms with E-state index in [0.717, 1.165) is 11.1 Å². The molecule has 0 aliphatic carbocycles. The van der Waals surface area contributed by atoms with Crippen molar-refractivity contribution in [2.75, 3.05) is 19.7 Å². The summed E-state index contributed by atoms with van der Waals surface area (Å²) in [4.78, 5) is 49.9. The number of amides is 1. The predicted octanol–water partition coefficient (Wildman–Crippen LogP) is 2.37. The Labute approximate surface area is 207 Å². The number of aliphatic carboxylic acids is 1. The Balaban J connectivity index is 1.77. The number of hydrogen-bond donors (Lipinski definition) is 3. The lowest BCUT2D eigenvalue weighted by Gasteiger charge is -2.20. The van der Waals surface area contributed by atoms with Crippen LogP contribution in [0.15, 0.2) is 48.7 Å². The molecule has 1 heterocycles. The molecular formula is C26H28N4O6. The van der Waals surface area contributed by atoms with Gasteiger partial charge in [-0.05, 0) is 37.1 Å². The number of fused-ring (bicyclic) bond motifs is 1. The van der Waals surface area contributed by atoms with Crippen molar-refractivity contribution in [1.29, 1.82) is 5.41 Å². The summed E-state index contributed by atoms with van der Waals surface area (Å²) < 4.78 is 6.45. The van der Waals surface area contributed by atoms with Gasteiger partial charge in [-0.15, -0.1) is 0 Å². The fraction of sp³-hybridized carbons (Fsp3) is 0.269. The number of aromatic nitrogens is 1. The quantitative estimate of drug-likeness (QED) is 0.161. The van der Waals surface area contributed by atoms with Gasteiger partial charge in [0.15, 0.2) is 12.4 Å². The Hall–Kier alpha value is -4.47. The average Bonchev–Trinajstić information content (AvgIpc) is 3.20. The maximum absolute atomic E-state index is 13.1. The Bertz CT molecular complexity index is 1330. The number of ether oxygens (including phenoxy) is 1. The number of carboxylic acids is 1. The van der Waals surface area contributed by atoms with Crippen molar-refractivity contribution >= 4 is 40.4 Å². The van der Waals surface area contributed by atoms with Crippen LogP contribution >= 0.6 is 0 Å². The first-order valence-corrected chi connectivity index (χ1v) is 11.3. The molecule has 0 aliphatic heterocycles. The van der Waals surface area contributed by atoms with Gasteiger partial charge in [0.2, 0.25) is 0 Å². The molecule has 188 valence electrons. The minimum atomic E-state index is -1.28. The Kier molecular flexibility index (Phi) is 8.21. The number of nitrogen functional groups attached to an aromatic ring is 1. The predicted molar refractivity (Wildman–Crippen MR) is 133 cm³/mol. The molecule has 0 saturated carbocycles. The second-order valence-electron chi connectivity index (χ2n) is 8.29. The standard InChI is InChI=1S/C26H28N4O6/c1-3-30(14-24(34)36-15-23(32)33)26(35)18-9-10-21-19(12-18)20(13-29(21)2)22(31)11-6-16-4-7-17(8-5-16)25(27)28/h4-5,7-10,12-13H,3,6,11,14-15H2,1-2H3,(H3,27,28)(H,32,33). The number of benzene rings is 2. The topological polar surface area (TPSA) is 156 Å². The highest BCUT2D eigenvalue weighted by Crippen LogP contribution is 2.25. The molecule has 10 heteroatoms. The van der Waals surface area contributed by atoms with E-state index in [1.807, 2.05) is 23.7 Å². The zero-order valence-corrected chi connectivity index (χ0v) is 20.1. The third-order valence-electron chi connectivity index (χ3n) is 5.79. The molecule has 1 aromatic heterocycles. The number of aryl methyl sites for hydroxylation is 2. The number of ketones is 1. The van der Waals surface area contributed by atoms with E-state index in [2.05, 4.69) is 4.74 Å². The molecule has 0 aliphatic rings. The fourth-order valence-electron chi connectivity index (χ4n) is 3.84. The molecule has 1 amide bonds. The van der Waals surface area contributed by atoms with Gasteiger partial charge in [-0.2, -0.15) is 0 Å². The van der Waals surface area contributed by atoms with Gasteiger partial charge in [0.1, 0.15) is 12.4 Å². The van der Waals surface area contributed by atoms with E-state index < -0.39 is 24.5 Å². The normalized spacial score (nSPS) is 10.7. The lowest BCUT2D eigenvalue weighted by molar-refractivity contribution is -0.155. The minimum Gasteiger partial charge on any atom is -0.479 e. The number of esters is 1. The second kappa shape index (κ2) is 11.3. The Morgan fingerprint density at radius 1 is 1.08 bits per heavy atom. The number of carbonyl (C=O) groups excluding carboxylic acids is 3. The van der Waals surface area contributed by atoms with Gasteiger partial charge < -0.3 is 25.0 Å². The summed E-state index contributed by atoms with van der Waals surface area (Å²) in [6.45, 7) is 0.750. The molecule has 36 heavy (non-hydrogen) atoms. The van der Waals surface area contributed by atoms with Gasteiger partial charge in [0.05, 0.1) is 0 Å². The number of amidine groups is 1. The highest BCUT2D eigenvalue weighted by molar-refractivity contribution is 6.10. The summed E-state index contributed by atoms with van der Waals surface area (Å²) in [5.74, 6) is -2.62. The third-order valence-corrected chi connectivity index (χ3v) is 5.79. The van der Waals surface area contributed by atoms with Gasteiger partial charge in [-0.1, -0.05) is 24.3 Å². The maximum atomic E-state index is 13.1. The fourth-order valence-corrected chi connectivity index (χ4v) is 3.84. The molecule has 0 saturated heterocycles. The van der Waals surface area contributed by atoms with Gasteiger partial charge in [-0.3, -0.25) is 19.8 Å². The summed E-state index contributed by atoms with van der Waals surface area (Å²) in [7, 11) is 1.82. The van der Waals surface area contributed by atoms with Crippen molar-refractivity contribution in [1.82, 2.24) is 9.47 Å². The molecule has 0 bridgehead atoms. The number of nitrogens with zero attached hydrogens (tertiary/aromatic N) is 2. The molecule has 4 N–H and O–H groups in total. The number of rotatable bonds is 11. The molecule has 0 spiro atoms. The first-order chi connectivity index (χ1) is 17.1. The van der Waals surface area contributed by atoms with E-state index in [0.29, 0.717) is 28.5 Å². The number of carbonyl (C=O) groups is 4. The molecule has 3 rings (SSSR count). The lowest BCUT2D eigenvalue weighted by atomic mass is 10.0. The molecule has 0 radical (unpaired) electrons.